The van der Waals surface area contributed by atoms with Crippen LogP contribution in [0.4, 0.5) is 0 Å². The Morgan fingerprint density at radius 3 is 2.58 bits per heavy atom. The fraction of sp³-hybridized carbons (Fsp3) is 0.167. The fourth-order valence-corrected chi connectivity index (χ4v) is 2.66. The second-order valence-corrected chi connectivity index (χ2v) is 4.94. The molecule has 0 aliphatic rings. The molecule has 104 valence electrons. The third-order valence-corrected chi connectivity index (χ3v) is 3.64. The van der Waals surface area contributed by atoms with E-state index in [1.165, 1.54) is 0 Å². The maximum Gasteiger partial charge on any atom is 0.303 e. The van der Waals surface area contributed by atoms with Crippen LogP contribution in [0, 0.1) is 5.41 Å². The summed E-state index contributed by atoms with van der Waals surface area (Å²) in [6.45, 7) is 0. The van der Waals surface area contributed by atoms with Crippen molar-refractivity contribution in [2.45, 2.75) is 12.8 Å². The molecule has 1 aromatic heterocycles. The first-order valence-corrected chi connectivity index (χ1v) is 5.96. The van der Waals surface area contributed by atoms with Crippen LogP contribution in [0.1, 0.15) is 16.9 Å². The monoisotopic (exact) mass is 320 g/mol. The van der Waals surface area contributed by atoms with E-state index in [4.69, 9.17) is 16.2 Å². The van der Waals surface area contributed by atoms with Crippen molar-refractivity contribution in [3.63, 3.8) is 0 Å². The second-order valence-electron chi connectivity index (χ2n) is 3.77. The zero-order chi connectivity index (χ0) is 12.4. The average Bonchev–Trinajstić information content (AvgIpc) is 2.67. The smallest absolute Gasteiger partial charge is 0.303 e. The minimum Gasteiger partial charge on any atom is -0.481 e. The number of aryl methyl sites for hydroxylation is 1. The minimum atomic E-state index is -0.785. The second kappa shape index (κ2) is 7.33. The normalized spacial score (nSPS) is 9.47. The highest BCUT2D eigenvalue weighted by molar-refractivity contribution is 7.19. The van der Waals surface area contributed by atoms with Crippen LogP contribution in [0.3, 0.4) is 0 Å². The number of thiophene rings is 1. The SMILES string of the molecule is Cl.Cl.N=C(N)c1ccc2sc(CCC(=O)O)cc2c1. The van der Waals surface area contributed by atoms with E-state index < -0.39 is 5.97 Å². The molecule has 2 aromatic rings. The van der Waals surface area contributed by atoms with Gasteiger partial charge in [-0.15, -0.1) is 36.2 Å². The van der Waals surface area contributed by atoms with Crippen molar-refractivity contribution in [2.75, 3.05) is 0 Å². The highest BCUT2D eigenvalue weighted by atomic mass is 35.5. The van der Waals surface area contributed by atoms with Crippen LogP contribution in [0.5, 0.6) is 0 Å². The molecule has 1 heterocycles. The Balaban J connectivity index is 0.00000162. The Morgan fingerprint density at radius 1 is 1.32 bits per heavy atom. The van der Waals surface area contributed by atoms with Gasteiger partial charge in [0.05, 0.1) is 6.42 Å². The molecule has 4 nitrogen and oxygen atoms in total. The number of nitrogens with one attached hydrogen (secondary N) is 1. The molecular formula is C12H14Cl2N2O2S. The minimum absolute atomic E-state index is 0. The molecule has 0 atom stereocenters. The lowest BCUT2D eigenvalue weighted by atomic mass is 10.1. The van der Waals surface area contributed by atoms with Crippen LogP contribution >= 0.6 is 36.2 Å². The summed E-state index contributed by atoms with van der Waals surface area (Å²) in [5.74, 6) is -0.739. The number of rotatable bonds is 4. The fourth-order valence-electron chi connectivity index (χ4n) is 1.62. The van der Waals surface area contributed by atoms with Gasteiger partial charge in [-0.1, -0.05) is 0 Å². The molecule has 0 aliphatic carbocycles. The molecule has 0 amide bonds. The summed E-state index contributed by atoms with van der Waals surface area (Å²) in [5, 5.41) is 17.0. The van der Waals surface area contributed by atoms with E-state index >= 15 is 0 Å². The predicted octanol–water partition coefficient (Wildman–Crippen LogP) is 3.05. The van der Waals surface area contributed by atoms with E-state index in [0.717, 1.165) is 15.0 Å². The number of carbonyl (C=O) groups is 1. The van der Waals surface area contributed by atoms with Gasteiger partial charge in [-0.2, -0.15) is 0 Å². The van der Waals surface area contributed by atoms with Gasteiger partial charge in [0.1, 0.15) is 5.84 Å². The molecular weight excluding hydrogens is 307 g/mol. The van der Waals surface area contributed by atoms with E-state index in [-0.39, 0.29) is 37.1 Å². The average molecular weight is 321 g/mol. The standard InChI is InChI=1S/C12H12N2O2S.2ClH/c13-12(14)7-1-3-10-8(5-7)6-9(17-10)2-4-11(15)16;;/h1,3,5-6H,2,4H2,(H3,13,14)(H,15,16);2*1H. The van der Waals surface area contributed by atoms with Crippen molar-refractivity contribution in [1.82, 2.24) is 0 Å². The van der Waals surface area contributed by atoms with Gasteiger partial charge in [-0.25, -0.2) is 0 Å². The molecule has 19 heavy (non-hydrogen) atoms. The maximum absolute atomic E-state index is 10.5. The number of carboxylic acids is 1. The maximum atomic E-state index is 10.5. The van der Waals surface area contributed by atoms with Crippen molar-refractivity contribution < 1.29 is 9.90 Å². The van der Waals surface area contributed by atoms with Crippen LogP contribution in [-0.4, -0.2) is 16.9 Å². The molecule has 0 radical (unpaired) electrons. The largest absolute Gasteiger partial charge is 0.481 e. The lowest BCUT2D eigenvalue weighted by molar-refractivity contribution is -0.136. The number of hydrogen-bond acceptors (Lipinski definition) is 3. The van der Waals surface area contributed by atoms with E-state index in [0.29, 0.717) is 12.0 Å². The quantitative estimate of drug-likeness (QED) is 0.597. The molecule has 0 saturated heterocycles. The van der Waals surface area contributed by atoms with Gasteiger partial charge < -0.3 is 10.8 Å². The number of fused-ring (bicyclic) bond motifs is 1. The molecule has 0 fully saturated rings. The third kappa shape index (κ3) is 4.38. The number of nitrogens with two attached hydrogens (primary N) is 1. The third-order valence-electron chi connectivity index (χ3n) is 2.46. The number of benzene rings is 1. The molecule has 0 spiro atoms. The van der Waals surface area contributed by atoms with Crippen LogP contribution in [0.25, 0.3) is 10.1 Å². The zero-order valence-corrected chi connectivity index (χ0v) is 12.3. The number of nitrogen functional groups attached to an aromatic ring is 1. The Bertz CT molecular complexity index is 598. The first-order chi connectivity index (χ1) is 8.06. The number of amidine groups is 1. The van der Waals surface area contributed by atoms with Crippen molar-refractivity contribution >= 4 is 58.0 Å². The lowest BCUT2D eigenvalue weighted by Crippen LogP contribution is -2.10. The summed E-state index contributed by atoms with van der Waals surface area (Å²) in [6.07, 6.45) is 0.691. The number of aliphatic carboxylic acids is 1. The topological polar surface area (TPSA) is 87.2 Å². The Hall–Kier alpha value is -1.30. The van der Waals surface area contributed by atoms with Crippen molar-refractivity contribution in [2.24, 2.45) is 5.73 Å². The van der Waals surface area contributed by atoms with Gasteiger partial charge >= 0.3 is 5.97 Å². The summed E-state index contributed by atoms with van der Waals surface area (Å²) in [5.41, 5.74) is 6.11. The van der Waals surface area contributed by atoms with Crippen LogP contribution < -0.4 is 5.73 Å². The molecule has 4 N–H and O–H groups in total. The van der Waals surface area contributed by atoms with E-state index in [1.807, 2.05) is 24.3 Å². The van der Waals surface area contributed by atoms with Crippen LogP contribution in [0.15, 0.2) is 24.3 Å². The van der Waals surface area contributed by atoms with Crippen molar-refractivity contribution in [3.05, 3.63) is 34.7 Å². The molecule has 0 unspecified atom stereocenters. The van der Waals surface area contributed by atoms with Gasteiger partial charge in [0.15, 0.2) is 0 Å². The van der Waals surface area contributed by atoms with Crippen LogP contribution in [-0.2, 0) is 11.2 Å². The number of carboxylic acid groups (broad SMARTS) is 1. The number of halogens is 2. The Labute approximate surface area is 127 Å². The Morgan fingerprint density at radius 2 is 2.00 bits per heavy atom. The summed E-state index contributed by atoms with van der Waals surface area (Å²) < 4.78 is 1.09. The number of hydrogen-bond donors (Lipinski definition) is 3. The summed E-state index contributed by atoms with van der Waals surface area (Å²) in [4.78, 5) is 11.5. The van der Waals surface area contributed by atoms with E-state index in [9.17, 15) is 4.79 Å². The van der Waals surface area contributed by atoms with E-state index in [1.54, 1.807) is 11.3 Å². The summed E-state index contributed by atoms with van der Waals surface area (Å²) >= 11 is 1.59. The van der Waals surface area contributed by atoms with Gasteiger partial charge in [-0.3, -0.25) is 10.2 Å². The summed E-state index contributed by atoms with van der Waals surface area (Å²) in [6, 6.07) is 7.55. The Kier molecular flexibility index (Phi) is 6.83. The van der Waals surface area contributed by atoms with Gasteiger partial charge in [0.25, 0.3) is 0 Å². The predicted molar refractivity (Wildman–Crippen MR) is 83.3 cm³/mol. The lowest BCUT2D eigenvalue weighted by Gasteiger charge is -1.96. The molecule has 0 bridgehead atoms. The summed E-state index contributed by atoms with van der Waals surface area (Å²) in [7, 11) is 0. The van der Waals surface area contributed by atoms with E-state index in [2.05, 4.69) is 0 Å². The molecule has 2 rings (SSSR count). The highest BCUT2D eigenvalue weighted by Crippen LogP contribution is 2.27. The molecule has 0 aliphatic heterocycles. The first kappa shape index (κ1) is 17.7. The highest BCUT2D eigenvalue weighted by Gasteiger charge is 2.06. The van der Waals surface area contributed by atoms with Crippen molar-refractivity contribution in [1.29, 1.82) is 5.41 Å². The van der Waals surface area contributed by atoms with Crippen molar-refractivity contribution in [3.8, 4) is 0 Å². The first-order valence-electron chi connectivity index (χ1n) is 5.15. The molecule has 1 aromatic carbocycles. The van der Waals surface area contributed by atoms with Gasteiger partial charge in [0.2, 0.25) is 0 Å². The van der Waals surface area contributed by atoms with Gasteiger partial charge in [0, 0.05) is 15.1 Å². The van der Waals surface area contributed by atoms with Gasteiger partial charge in [-0.05, 0) is 36.1 Å². The molecule has 7 heteroatoms. The van der Waals surface area contributed by atoms with Crippen LogP contribution in [0.2, 0.25) is 0 Å². The zero-order valence-electron chi connectivity index (χ0n) is 9.88. The molecule has 0 saturated carbocycles.